The smallest absolute Gasteiger partial charge is 0.266 e. The zero-order valence-corrected chi connectivity index (χ0v) is 16.5. The van der Waals surface area contributed by atoms with Gasteiger partial charge in [-0.15, -0.1) is 0 Å². The van der Waals surface area contributed by atoms with Crippen molar-refractivity contribution in [2.75, 3.05) is 25.6 Å². The molecule has 0 bridgehead atoms. The van der Waals surface area contributed by atoms with Crippen LogP contribution in [0.25, 0.3) is 0 Å². The number of amides is 1. The van der Waals surface area contributed by atoms with Gasteiger partial charge in [-0.25, -0.2) is 18.2 Å². The molecule has 160 valence electrons. The van der Waals surface area contributed by atoms with Gasteiger partial charge < -0.3 is 21.1 Å². The molecular weight excluding hydrogens is 399 g/mol. The summed E-state index contributed by atoms with van der Waals surface area (Å²) in [6.07, 6.45) is -1.58. The fourth-order valence-corrected chi connectivity index (χ4v) is 3.00. The molecule has 1 aliphatic heterocycles. The van der Waals surface area contributed by atoms with Crippen LogP contribution in [0.1, 0.15) is 46.4 Å². The van der Waals surface area contributed by atoms with Crippen molar-refractivity contribution >= 4 is 17.6 Å². The van der Waals surface area contributed by atoms with Crippen LogP contribution in [-0.4, -0.2) is 43.0 Å². The van der Waals surface area contributed by atoms with E-state index in [4.69, 9.17) is 10.5 Å². The minimum absolute atomic E-state index is 0.0173. The molecule has 30 heavy (non-hydrogen) atoms. The molecule has 7 nitrogen and oxygen atoms in total. The number of carbonyl (C=O) groups is 1. The van der Waals surface area contributed by atoms with E-state index < -0.39 is 29.8 Å². The molecule has 1 saturated heterocycles. The second-order valence-electron chi connectivity index (χ2n) is 6.81. The number of amidine groups is 1. The SMILES string of the molecule is CNC(=O)c1cnc(NC2COC2)cc1C(N)=N[C@H](C)c1cccc(C(F)F)c1F. The van der Waals surface area contributed by atoms with Crippen molar-refractivity contribution in [1.82, 2.24) is 10.3 Å². The van der Waals surface area contributed by atoms with E-state index in [9.17, 15) is 18.0 Å². The van der Waals surface area contributed by atoms with E-state index in [1.54, 1.807) is 6.07 Å². The number of ether oxygens (including phenoxy) is 1. The summed E-state index contributed by atoms with van der Waals surface area (Å²) in [5, 5.41) is 5.65. The monoisotopic (exact) mass is 421 g/mol. The van der Waals surface area contributed by atoms with Gasteiger partial charge in [0.15, 0.2) is 0 Å². The molecule has 1 fully saturated rings. The van der Waals surface area contributed by atoms with Gasteiger partial charge >= 0.3 is 0 Å². The van der Waals surface area contributed by atoms with Crippen LogP contribution < -0.4 is 16.4 Å². The Morgan fingerprint density at radius 2 is 2.00 bits per heavy atom. The lowest BCUT2D eigenvalue weighted by atomic mass is 10.0. The standard InChI is InChI=1S/C20H22F3N5O2/c1-10(12-4-3-5-13(17(12)21)18(22)23)27-19(24)14-6-16(28-11-8-30-9-11)26-7-15(14)20(29)25-2/h3-7,10-11,18H,8-9H2,1-2H3,(H2,24,27)(H,25,29)(H,26,28)/t10-/m1/s1. The fourth-order valence-electron chi connectivity index (χ4n) is 3.00. The third kappa shape index (κ3) is 4.54. The van der Waals surface area contributed by atoms with Gasteiger partial charge in [-0.1, -0.05) is 18.2 Å². The Morgan fingerprint density at radius 1 is 1.30 bits per heavy atom. The zero-order valence-electron chi connectivity index (χ0n) is 16.5. The number of nitrogens with two attached hydrogens (primary N) is 1. The molecule has 3 rings (SSSR count). The Morgan fingerprint density at radius 3 is 2.60 bits per heavy atom. The number of alkyl halides is 2. The lowest BCUT2D eigenvalue weighted by Gasteiger charge is -2.27. The van der Waals surface area contributed by atoms with Crippen molar-refractivity contribution in [1.29, 1.82) is 0 Å². The molecule has 0 saturated carbocycles. The van der Waals surface area contributed by atoms with Gasteiger partial charge in [-0.2, -0.15) is 0 Å². The number of hydrogen-bond donors (Lipinski definition) is 3. The highest BCUT2D eigenvalue weighted by atomic mass is 19.3. The number of aliphatic imine (C=N–C) groups is 1. The van der Waals surface area contributed by atoms with Gasteiger partial charge in [0.2, 0.25) is 0 Å². The third-order valence-corrected chi connectivity index (χ3v) is 4.72. The number of nitrogens with one attached hydrogen (secondary N) is 2. The van der Waals surface area contributed by atoms with Gasteiger partial charge in [0.05, 0.1) is 36.4 Å². The quantitative estimate of drug-likeness (QED) is 0.471. The van der Waals surface area contributed by atoms with Crippen LogP contribution >= 0.6 is 0 Å². The molecule has 2 heterocycles. The van der Waals surface area contributed by atoms with Crippen molar-refractivity contribution in [3.63, 3.8) is 0 Å². The molecule has 10 heteroatoms. The van der Waals surface area contributed by atoms with Gasteiger partial charge in [0.1, 0.15) is 17.5 Å². The first-order valence-electron chi connectivity index (χ1n) is 9.28. The molecular formula is C20H22F3N5O2. The predicted octanol–water partition coefficient (Wildman–Crippen LogP) is 2.80. The van der Waals surface area contributed by atoms with Crippen LogP contribution in [0.3, 0.4) is 0 Å². The average molecular weight is 421 g/mol. The second kappa shape index (κ2) is 9.12. The first-order chi connectivity index (χ1) is 14.3. The second-order valence-corrected chi connectivity index (χ2v) is 6.81. The topological polar surface area (TPSA) is 102 Å². The number of halogens is 3. The molecule has 1 atom stereocenters. The van der Waals surface area contributed by atoms with Crippen LogP contribution in [0.5, 0.6) is 0 Å². The molecule has 1 amide bonds. The minimum atomic E-state index is -2.94. The highest BCUT2D eigenvalue weighted by Gasteiger charge is 2.22. The summed E-state index contributed by atoms with van der Waals surface area (Å²) >= 11 is 0. The largest absolute Gasteiger partial charge is 0.383 e. The highest BCUT2D eigenvalue weighted by Crippen LogP contribution is 2.29. The lowest BCUT2D eigenvalue weighted by molar-refractivity contribution is 0.0209. The van der Waals surface area contributed by atoms with Crippen molar-refractivity contribution in [2.45, 2.75) is 25.4 Å². The molecule has 2 aromatic rings. The molecule has 0 unspecified atom stereocenters. The average Bonchev–Trinajstić information content (AvgIpc) is 2.69. The van der Waals surface area contributed by atoms with E-state index in [1.165, 1.54) is 32.3 Å². The van der Waals surface area contributed by atoms with E-state index in [1.807, 2.05) is 0 Å². The van der Waals surface area contributed by atoms with Crippen molar-refractivity contribution < 1.29 is 22.7 Å². The Bertz CT molecular complexity index is 963. The Labute approximate surface area is 171 Å². The molecule has 1 aliphatic rings. The van der Waals surface area contributed by atoms with Gasteiger partial charge in [0, 0.05) is 24.4 Å². The first-order valence-corrected chi connectivity index (χ1v) is 9.28. The molecule has 1 aromatic heterocycles. The molecule has 1 aromatic carbocycles. The zero-order chi connectivity index (χ0) is 21.8. The van der Waals surface area contributed by atoms with Crippen molar-refractivity contribution in [3.8, 4) is 0 Å². The van der Waals surface area contributed by atoms with Crippen molar-refractivity contribution in [2.24, 2.45) is 10.7 Å². The lowest BCUT2D eigenvalue weighted by Crippen LogP contribution is -2.40. The number of rotatable bonds is 7. The summed E-state index contributed by atoms with van der Waals surface area (Å²) in [6.45, 7) is 2.61. The summed E-state index contributed by atoms with van der Waals surface area (Å²) in [5.74, 6) is -1.02. The molecule has 0 aliphatic carbocycles. The van der Waals surface area contributed by atoms with Gasteiger partial charge in [-0.3, -0.25) is 9.79 Å². The van der Waals surface area contributed by atoms with Crippen LogP contribution in [0.4, 0.5) is 19.0 Å². The van der Waals surface area contributed by atoms with Crippen LogP contribution in [0, 0.1) is 5.82 Å². The third-order valence-electron chi connectivity index (χ3n) is 4.72. The molecule has 0 radical (unpaired) electrons. The van der Waals surface area contributed by atoms with E-state index in [0.29, 0.717) is 24.6 Å². The van der Waals surface area contributed by atoms with E-state index in [2.05, 4.69) is 20.6 Å². The summed E-state index contributed by atoms with van der Waals surface area (Å²) in [6, 6.07) is 4.55. The fraction of sp³-hybridized carbons (Fsp3) is 0.350. The Balaban J connectivity index is 1.96. The summed E-state index contributed by atoms with van der Waals surface area (Å²) in [4.78, 5) is 20.7. The van der Waals surface area contributed by atoms with Crippen LogP contribution in [0.15, 0.2) is 35.5 Å². The Kier molecular flexibility index (Phi) is 6.56. The van der Waals surface area contributed by atoms with E-state index >= 15 is 0 Å². The maximum Gasteiger partial charge on any atom is 0.266 e. The number of benzene rings is 1. The summed E-state index contributed by atoms with van der Waals surface area (Å²) in [7, 11) is 1.46. The molecule has 4 N–H and O–H groups in total. The predicted molar refractivity (Wildman–Crippen MR) is 106 cm³/mol. The van der Waals surface area contributed by atoms with Gasteiger partial charge in [0.25, 0.3) is 12.3 Å². The van der Waals surface area contributed by atoms with Crippen molar-refractivity contribution in [3.05, 3.63) is 58.5 Å². The van der Waals surface area contributed by atoms with Gasteiger partial charge in [-0.05, 0) is 13.0 Å². The number of carbonyl (C=O) groups excluding carboxylic acids is 1. The Hall–Kier alpha value is -3.14. The van der Waals surface area contributed by atoms with Crippen LogP contribution in [-0.2, 0) is 4.74 Å². The summed E-state index contributed by atoms with van der Waals surface area (Å²) in [5.41, 5.74) is 5.90. The number of pyridine rings is 1. The normalized spacial score (nSPS) is 15.6. The van der Waals surface area contributed by atoms with E-state index in [-0.39, 0.29) is 23.0 Å². The number of hydrogen-bond acceptors (Lipinski definition) is 5. The number of aromatic nitrogens is 1. The number of anilines is 1. The van der Waals surface area contributed by atoms with Crippen LogP contribution in [0.2, 0.25) is 0 Å². The first kappa shape index (κ1) is 21.6. The number of nitrogens with zero attached hydrogens (tertiary/aromatic N) is 2. The van der Waals surface area contributed by atoms with E-state index in [0.717, 1.165) is 6.07 Å². The maximum absolute atomic E-state index is 14.5. The highest BCUT2D eigenvalue weighted by molar-refractivity contribution is 6.09. The molecule has 0 spiro atoms. The maximum atomic E-state index is 14.5. The minimum Gasteiger partial charge on any atom is -0.383 e. The summed E-state index contributed by atoms with van der Waals surface area (Å²) < 4.78 is 45.6.